The molecule has 94 valence electrons. The first-order valence-corrected chi connectivity index (χ1v) is 5.70. The molecule has 0 unspecified atom stereocenters. The zero-order chi connectivity index (χ0) is 13.1. The van der Waals surface area contributed by atoms with Crippen LogP contribution in [0.5, 0.6) is 0 Å². The molecule has 18 heavy (non-hydrogen) atoms. The van der Waals surface area contributed by atoms with E-state index in [-0.39, 0.29) is 11.7 Å². The summed E-state index contributed by atoms with van der Waals surface area (Å²) >= 11 is 0. The Bertz CT molecular complexity index is 509. The Hall–Kier alpha value is -2.16. The Morgan fingerprint density at radius 3 is 2.78 bits per heavy atom. The summed E-state index contributed by atoms with van der Waals surface area (Å²) in [6, 6.07) is 5.85. The van der Waals surface area contributed by atoms with E-state index in [1.807, 2.05) is 11.0 Å². The summed E-state index contributed by atoms with van der Waals surface area (Å²) in [6.07, 6.45) is 2.28. The highest BCUT2D eigenvalue weighted by Gasteiger charge is 2.30. The predicted octanol–water partition coefficient (Wildman–Crippen LogP) is 2.62. The summed E-state index contributed by atoms with van der Waals surface area (Å²) in [6.45, 7) is 0.474. The minimum Gasteiger partial charge on any atom is -0.367 e. The van der Waals surface area contributed by atoms with Gasteiger partial charge in [0, 0.05) is 24.3 Å². The van der Waals surface area contributed by atoms with Gasteiger partial charge in [0.1, 0.15) is 5.82 Å². The van der Waals surface area contributed by atoms with Gasteiger partial charge in [-0.15, -0.1) is 0 Å². The molecule has 0 heterocycles. The van der Waals surface area contributed by atoms with Crippen molar-refractivity contribution < 1.29 is 9.31 Å². The number of nitro groups is 1. The van der Waals surface area contributed by atoms with Crippen molar-refractivity contribution in [2.45, 2.75) is 25.3 Å². The van der Waals surface area contributed by atoms with Crippen molar-refractivity contribution in [3.8, 4) is 6.07 Å². The van der Waals surface area contributed by atoms with Crippen LogP contribution in [0.15, 0.2) is 18.2 Å². The summed E-state index contributed by atoms with van der Waals surface area (Å²) in [5.74, 6) is -0.623. The van der Waals surface area contributed by atoms with Crippen LogP contribution in [0.2, 0.25) is 0 Å². The quantitative estimate of drug-likeness (QED) is 0.594. The third-order valence-corrected chi connectivity index (χ3v) is 2.86. The summed E-state index contributed by atoms with van der Waals surface area (Å²) in [5, 5.41) is 19.3. The number of halogens is 1. The lowest BCUT2D eigenvalue weighted by Crippen LogP contribution is -2.26. The van der Waals surface area contributed by atoms with Crippen molar-refractivity contribution in [3.05, 3.63) is 34.1 Å². The molecular formula is C12H12FN3O2. The second-order valence-corrected chi connectivity index (χ2v) is 4.26. The number of nitrogens with zero attached hydrogens (tertiary/aromatic N) is 3. The molecule has 0 aromatic heterocycles. The van der Waals surface area contributed by atoms with Crippen LogP contribution < -0.4 is 4.90 Å². The van der Waals surface area contributed by atoms with Crippen molar-refractivity contribution in [2.24, 2.45) is 0 Å². The first-order valence-electron chi connectivity index (χ1n) is 5.70. The zero-order valence-corrected chi connectivity index (χ0v) is 9.67. The number of benzene rings is 1. The number of hydrogen-bond acceptors (Lipinski definition) is 4. The number of nitriles is 1. The van der Waals surface area contributed by atoms with E-state index in [9.17, 15) is 14.5 Å². The van der Waals surface area contributed by atoms with Crippen LogP contribution >= 0.6 is 0 Å². The molecule has 0 amide bonds. The molecular weight excluding hydrogens is 237 g/mol. The molecule has 0 atom stereocenters. The topological polar surface area (TPSA) is 70.2 Å². The highest BCUT2D eigenvalue weighted by Crippen LogP contribution is 2.33. The van der Waals surface area contributed by atoms with Gasteiger partial charge in [0.2, 0.25) is 0 Å². The predicted molar refractivity (Wildman–Crippen MR) is 63.7 cm³/mol. The molecule has 0 bridgehead atoms. The Morgan fingerprint density at radius 1 is 1.50 bits per heavy atom. The first-order chi connectivity index (χ1) is 8.61. The number of hydrogen-bond donors (Lipinski definition) is 0. The summed E-state index contributed by atoms with van der Waals surface area (Å²) < 4.78 is 13.4. The van der Waals surface area contributed by atoms with E-state index >= 15 is 0 Å². The Kier molecular flexibility index (Phi) is 3.42. The van der Waals surface area contributed by atoms with Crippen molar-refractivity contribution in [1.29, 1.82) is 5.26 Å². The van der Waals surface area contributed by atoms with Crippen LogP contribution in [-0.4, -0.2) is 17.5 Å². The maximum Gasteiger partial charge on any atom is 0.274 e. The molecule has 0 N–H and O–H groups in total. The fourth-order valence-electron chi connectivity index (χ4n) is 1.91. The lowest BCUT2D eigenvalue weighted by Gasteiger charge is -2.23. The lowest BCUT2D eigenvalue weighted by molar-refractivity contribution is -0.385. The summed E-state index contributed by atoms with van der Waals surface area (Å²) in [5.41, 5.74) is 0.229. The van der Waals surface area contributed by atoms with Crippen molar-refractivity contribution >= 4 is 11.4 Å². The van der Waals surface area contributed by atoms with Gasteiger partial charge in [0.25, 0.3) is 5.69 Å². The molecule has 1 aromatic rings. The first kappa shape index (κ1) is 12.3. The Labute approximate surface area is 104 Å². The molecule has 0 saturated heterocycles. The van der Waals surface area contributed by atoms with Crippen molar-refractivity contribution in [2.75, 3.05) is 11.4 Å². The van der Waals surface area contributed by atoms with Crippen molar-refractivity contribution in [1.82, 2.24) is 0 Å². The Balaban J connectivity index is 2.29. The van der Waals surface area contributed by atoms with E-state index in [0.29, 0.717) is 18.7 Å². The number of rotatable bonds is 5. The molecule has 0 radical (unpaired) electrons. The van der Waals surface area contributed by atoms with Crippen molar-refractivity contribution in [3.63, 3.8) is 0 Å². The molecule has 1 saturated carbocycles. The van der Waals surface area contributed by atoms with Crippen LogP contribution in [0.1, 0.15) is 19.3 Å². The van der Waals surface area contributed by atoms with Gasteiger partial charge in [-0.1, -0.05) is 0 Å². The Morgan fingerprint density at radius 2 is 2.22 bits per heavy atom. The molecule has 1 aliphatic rings. The van der Waals surface area contributed by atoms with Crippen LogP contribution in [-0.2, 0) is 0 Å². The second kappa shape index (κ2) is 5.00. The van der Waals surface area contributed by atoms with E-state index in [4.69, 9.17) is 5.26 Å². The van der Waals surface area contributed by atoms with Gasteiger partial charge >= 0.3 is 0 Å². The van der Waals surface area contributed by atoms with Crippen LogP contribution in [0.25, 0.3) is 0 Å². The standard InChI is InChI=1S/C12H12FN3O2/c13-9-6-11(8-12(7-9)16(17)18)15(5-1-4-14)10-2-3-10/h6-8,10H,1-3,5H2. The molecule has 6 heteroatoms. The number of anilines is 1. The number of nitro benzene ring substituents is 1. The minimum absolute atomic E-state index is 0.257. The third-order valence-electron chi connectivity index (χ3n) is 2.86. The minimum atomic E-state index is -0.623. The smallest absolute Gasteiger partial charge is 0.274 e. The molecule has 1 aromatic carbocycles. The highest BCUT2D eigenvalue weighted by molar-refractivity contribution is 5.55. The van der Waals surface area contributed by atoms with Crippen LogP contribution in [0.4, 0.5) is 15.8 Å². The van der Waals surface area contributed by atoms with Crippen LogP contribution in [0.3, 0.4) is 0 Å². The maximum atomic E-state index is 13.4. The molecule has 1 fully saturated rings. The molecule has 2 rings (SSSR count). The van der Waals surface area contributed by atoms with E-state index < -0.39 is 10.7 Å². The van der Waals surface area contributed by atoms with Gasteiger partial charge in [-0.2, -0.15) is 5.26 Å². The summed E-state index contributed by atoms with van der Waals surface area (Å²) in [4.78, 5) is 12.0. The second-order valence-electron chi connectivity index (χ2n) is 4.26. The van der Waals surface area contributed by atoms with Gasteiger partial charge in [-0.05, 0) is 18.9 Å². The SMILES string of the molecule is N#CCCN(c1cc(F)cc([N+](=O)[O-])c1)C1CC1. The lowest BCUT2D eigenvalue weighted by atomic mass is 10.2. The largest absolute Gasteiger partial charge is 0.367 e. The number of non-ortho nitro benzene ring substituents is 1. The van der Waals surface area contributed by atoms with Gasteiger partial charge in [0.05, 0.1) is 23.5 Å². The van der Waals surface area contributed by atoms with Crippen LogP contribution in [0, 0.1) is 27.3 Å². The fraction of sp³-hybridized carbons (Fsp3) is 0.417. The van der Waals surface area contributed by atoms with E-state index in [0.717, 1.165) is 18.9 Å². The molecule has 5 nitrogen and oxygen atoms in total. The fourth-order valence-corrected chi connectivity index (χ4v) is 1.91. The zero-order valence-electron chi connectivity index (χ0n) is 9.67. The monoisotopic (exact) mass is 249 g/mol. The molecule has 1 aliphatic carbocycles. The highest BCUT2D eigenvalue weighted by atomic mass is 19.1. The van der Waals surface area contributed by atoms with Gasteiger partial charge in [-0.25, -0.2) is 4.39 Å². The normalized spacial score (nSPS) is 14.0. The average molecular weight is 249 g/mol. The maximum absolute atomic E-state index is 13.4. The van der Waals surface area contributed by atoms with Gasteiger partial charge < -0.3 is 4.90 Å². The van der Waals surface area contributed by atoms with E-state index in [1.165, 1.54) is 12.1 Å². The van der Waals surface area contributed by atoms with E-state index in [2.05, 4.69) is 0 Å². The van der Waals surface area contributed by atoms with E-state index in [1.54, 1.807) is 0 Å². The summed E-state index contributed by atoms with van der Waals surface area (Å²) in [7, 11) is 0. The van der Waals surface area contributed by atoms with Gasteiger partial charge in [-0.3, -0.25) is 10.1 Å². The third kappa shape index (κ3) is 2.74. The van der Waals surface area contributed by atoms with Gasteiger partial charge in [0.15, 0.2) is 0 Å². The average Bonchev–Trinajstić information content (AvgIpc) is 3.13. The molecule has 0 aliphatic heterocycles. The molecule has 0 spiro atoms.